The van der Waals surface area contributed by atoms with Crippen molar-refractivity contribution in [3.8, 4) is 0 Å². The Kier molecular flexibility index (Phi) is 10.0. The van der Waals surface area contributed by atoms with Crippen LogP contribution in [0.25, 0.3) is 0 Å². The topological polar surface area (TPSA) is 55.8 Å². The fraction of sp³-hybridized carbons (Fsp3) is 0.900. The summed E-state index contributed by atoms with van der Waals surface area (Å²) >= 11 is 0. The summed E-state index contributed by atoms with van der Waals surface area (Å²) in [4.78, 5) is 10.9. The van der Waals surface area contributed by atoms with E-state index in [9.17, 15) is 4.79 Å². The number of hydrogen-bond donors (Lipinski definition) is 1. The van der Waals surface area contributed by atoms with E-state index in [2.05, 4.69) is 6.92 Å². The van der Waals surface area contributed by atoms with Crippen molar-refractivity contribution < 1.29 is 19.4 Å². The Morgan fingerprint density at radius 2 is 2.00 bits per heavy atom. The predicted molar refractivity (Wildman–Crippen MR) is 53.0 cm³/mol. The molecular weight excluding hydrogens is 184 g/mol. The van der Waals surface area contributed by atoms with E-state index < -0.39 is 0 Å². The Labute approximate surface area is 85.2 Å². The molecule has 0 saturated carbocycles. The van der Waals surface area contributed by atoms with Crippen LogP contribution in [0, 0.1) is 0 Å². The molecule has 0 spiro atoms. The summed E-state index contributed by atoms with van der Waals surface area (Å²) in [7, 11) is 0. The smallest absolute Gasteiger partial charge is 0.332 e. The third-order valence-electron chi connectivity index (χ3n) is 1.72. The molecule has 0 aromatic rings. The van der Waals surface area contributed by atoms with Gasteiger partial charge in [0.05, 0.1) is 19.8 Å². The average Bonchev–Trinajstić information content (AvgIpc) is 2.18. The van der Waals surface area contributed by atoms with Crippen molar-refractivity contribution in [2.75, 3.05) is 26.4 Å². The first-order valence-corrected chi connectivity index (χ1v) is 5.15. The highest BCUT2D eigenvalue weighted by atomic mass is 16.6. The Hall–Kier alpha value is -0.610. The molecule has 0 fully saturated rings. The summed E-state index contributed by atoms with van der Waals surface area (Å²) in [5, 5.41) is 8.38. The van der Waals surface area contributed by atoms with Gasteiger partial charge in [-0.2, -0.15) is 0 Å². The van der Waals surface area contributed by atoms with E-state index in [0.717, 1.165) is 12.8 Å². The maximum absolute atomic E-state index is 10.9. The summed E-state index contributed by atoms with van der Waals surface area (Å²) in [6.07, 6.45) is 4.37. The number of unbranched alkanes of at least 4 members (excludes halogenated alkanes) is 3. The van der Waals surface area contributed by atoms with Gasteiger partial charge in [-0.05, 0) is 6.42 Å². The van der Waals surface area contributed by atoms with Crippen molar-refractivity contribution in [3.63, 3.8) is 0 Å². The van der Waals surface area contributed by atoms with E-state index in [1.54, 1.807) is 0 Å². The number of aliphatic hydroxyl groups excluding tert-OH is 1. The highest BCUT2D eigenvalue weighted by Crippen LogP contribution is 1.98. The van der Waals surface area contributed by atoms with Crippen molar-refractivity contribution in [1.82, 2.24) is 0 Å². The number of carbonyl (C=O) groups is 1. The van der Waals surface area contributed by atoms with Crippen LogP contribution in [-0.2, 0) is 14.3 Å². The fourth-order valence-electron chi connectivity index (χ4n) is 0.977. The minimum Gasteiger partial charge on any atom is -0.464 e. The second kappa shape index (κ2) is 10.5. The number of esters is 1. The summed E-state index contributed by atoms with van der Waals surface area (Å²) in [5.74, 6) is -0.352. The van der Waals surface area contributed by atoms with Gasteiger partial charge in [0.1, 0.15) is 6.61 Å². The van der Waals surface area contributed by atoms with Crippen LogP contribution in [0.15, 0.2) is 0 Å². The standard InChI is InChI=1S/C10H20O4/c1-2-3-4-5-7-14-10(12)9-13-8-6-11/h11H,2-9H2,1H3. The molecule has 0 aliphatic rings. The molecule has 0 bridgehead atoms. The van der Waals surface area contributed by atoms with E-state index in [-0.39, 0.29) is 25.8 Å². The first-order chi connectivity index (χ1) is 6.81. The summed E-state index contributed by atoms with van der Waals surface area (Å²) in [6.45, 7) is 2.67. The van der Waals surface area contributed by atoms with E-state index in [4.69, 9.17) is 14.6 Å². The molecule has 0 unspecified atom stereocenters. The van der Waals surface area contributed by atoms with Crippen molar-refractivity contribution in [3.05, 3.63) is 0 Å². The van der Waals surface area contributed by atoms with Crippen LogP contribution >= 0.6 is 0 Å². The molecule has 0 radical (unpaired) electrons. The monoisotopic (exact) mass is 204 g/mol. The second-order valence-corrected chi connectivity index (χ2v) is 3.06. The third-order valence-corrected chi connectivity index (χ3v) is 1.72. The van der Waals surface area contributed by atoms with Gasteiger partial charge < -0.3 is 14.6 Å². The van der Waals surface area contributed by atoms with Crippen LogP contribution in [0.1, 0.15) is 32.6 Å². The predicted octanol–water partition coefficient (Wildman–Crippen LogP) is 1.12. The number of rotatable bonds is 9. The fourth-order valence-corrected chi connectivity index (χ4v) is 0.977. The number of aliphatic hydroxyl groups is 1. The second-order valence-electron chi connectivity index (χ2n) is 3.06. The number of hydrogen-bond acceptors (Lipinski definition) is 4. The molecule has 0 heterocycles. The van der Waals surface area contributed by atoms with Gasteiger partial charge in [-0.15, -0.1) is 0 Å². The summed E-state index contributed by atoms with van der Waals surface area (Å²) in [5.41, 5.74) is 0. The van der Waals surface area contributed by atoms with Crippen molar-refractivity contribution >= 4 is 5.97 Å². The molecule has 4 nitrogen and oxygen atoms in total. The number of ether oxygens (including phenoxy) is 2. The minimum absolute atomic E-state index is 0.0612. The zero-order valence-electron chi connectivity index (χ0n) is 8.83. The summed E-state index contributed by atoms with van der Waals surface area (Å²) < 4.78 is 9.69. The molecule has 0 atom stereocenters. The van der Waals surface area contributed by atoms with Crippen LogP contribution in [0.4, 0.5) is 0 Å². The first kappa shape index (κ1) is 13.4. The normalized spacial score (nSPS) is 10.1. The molecule has 84 valence electrons. The molecule has 14 heavy (non-hydrogen) atoms. The quantitative estimate of drug-likeness (QED) is 0.451. The maximum atomic E-state index is 10.9. The lowest BCUT2D eigenvalue weighted by atomic mass is 10.2. The molecule has 0 aliphatic heterocycles. The Morgan fingerprint density at radius 1 is 1.21 bits per heavy atom. The molecule has 0 aromatic carbocycles. The van der Waals surface area contributed by atoms with Crippen LogP contribution in [0.5, 0.6) is 0 Å². The average molecular weight is 204 g/mol. The van der Waals surface area contributed by atoms with Gasteiger partial charge in [-0.3, -0.25) is 0 Å². The third kappa shape index (κ3) is 9.48. The van der Waals surface area contributed by atoms with Gasteiger partial charge in [0.15, 0.2) is 0 Å². The lowest BCUT2D eigenvalue weighted by Crippen LogP contribution is -2.14. The molecule has 4 heteroatoms. The Bertz CT molecular complexity index is 136. The van der Waals surface area contributed by atoms with E-state index in [0.29, 0.717) is 6.61 Å². The van der Waals surface area contributed by atoms with Gasteiger partial charge in [0.25, 0.3) is 0 Å². The Morgan fingerprint density at radius 3 is 2.64 bits per heavy atom. The van der Waals surface area contributed by atoms with Gasteiger partial charge in [-0.25, -0.2) is 4.79 Å². The van der Waals surface area contributed by atoms with E-state index in [1.807, 2.05) is 0 Å². The molecule has 0 rings (SSSR count). The summed E-state index contributed by atoms with van der Waals surface area (Å²) in [6, 6.07) is 0. The number of carbonyl (C=O) groups excluding carboxylic acids is 1. The van der Waals surface area contributed by atoms with Crippen molar-refractivity contribution in [2.45, 2.75) is 32.6 Å². The highest BCUT2D eigenvalue weighted by Gasteiger charge is 2.01. The molecule has 0 aromatic heterocycles. The van der Waals surface area contributed by atoms with E-state index in [1.165, 1.54) is 12.8 Å². The SMILES string of the molecule is CCCCCCOC(=O)COCCO. The van der Waals surface area contributed by atoms with Crippen molar-refractivity contribution in [2.24, 2.45) is 0 Å². The molecular formula is C10H20O4. The molecule has 0 saturated heterocycles. The lowest BCUT2D eigenvalue weighted by molar-refractivity contribution is -0.149. The zero-order valence-corrected chi connectivity index (χ0v) is 8.83. The van der Waals surface area contributed by atoms with Gasteiger partial charge in [-0.1, -0.05) is 26.2 Å². The van der Waals surface area contributed by atoms with Crippen LogP contribution in [0.3, 0.4) is 0 Å². The van der Waals surface area contributed by atoms with Crippen molar-refractivity contribution in [1.29, 1.82) is 0 Å². The first-order valence-electron chi connectivity index (χ1n) is 5.15. The highest BCUT2D eigenvalue weighted by molar-refractivity contribution is 5.70. The molecule has 0 amide bonds. The van der Waals surface area contributed by atoms with Gasteiger partial charge >= 0.3 is 5.97 Å². The molecule has 0 aliphatic carbocycles. The largest absolute Gasteiger partial charge is 0.464 e. The van der Waals surface area contributed by atoms with Gasteiger partial charge in [0, 0.05) is 0 Å². The van der Waals surface area contributed by atoms with E-state index >= 15 is 0 Å². The minimum atomic E-state index is -0.352. The van der Waals surface area contributed by atoms with Crippen LogP contribution < -0.4 is 0 Å². The Balaban J connectivity index is 3.10. The lowest BCUT2D eigenvalue weighted by Gasteiger charge is -2.04. The van der Waals surface area contributed by atoms with Gasteiger partial charge in [0.2, 0.25) is 0 Å². The van der Waals surface area contributed by atoms with Crippen LogP contribution in [0.2, 0.25) is 0 Å². The molecule has 1 N–H and O–H groups in total. The maximum Gasteiger partial charge on any atom is 0.332 e. The zero-order chi connectivity index (χ0) is 10.6. The van der Waals surface area contributed by atoms with Crippen LogP contribution in [-0.4, -0.2) is 37.5 Å².